The monoisotopic (exact) mass is 277 g/mol. The molecule has 0 fully saturated rings. The zero-order valence-electron chi connectivity index (χ0n) is 12.1. The molecule has 2 rings (SSSR count). The lowest BCUT2D eigenvalue weighted by Crippen LogP contribution is -2.15. The Morgan fingerprint density at radius 2 is 2.10 bits per heavy atom. The topological polar surface area (TPSA) is 64.9 Å². The second kappa shape index (κ2) is 6.13. The van der Waals surface area contributed by atoms with Crippen LogP contribution >= 0.6 is 0 Å². The van der Waals surface area contributed by atoms with Crippen LogP contribution in [0, 0.1) is 18.7 Å². The Balaban J connectivity index is 2.25. The van der Waals surface area contributed by atoms with Gasteiger partial charge in [-0.05, 0) is 30.9 Å². The Morgan fingerprint density at radius 3 is 2.70 bits per heavy atom. The first kappa shape index (κ1) is 14.7. The van der Waals surface area contributed by atoms with E-state index in [9.17, 15) is 4.39 Å². The average molecular weight is 277 g/mol. The summed E-state index contributed by atoms with van der Waals surface area (Å²) in [5.74, 6) is 1.20. The van der Waals surface area contributed by atoms with Crippen molar-refractivity contribution >= 4 is 0 Å². The molecule has 20 heavy (non-hydrogen) atoms. The third-order valence-corrected chi connectivity index (χ3v) is 3.26. The van der Waals surface area contributed by atoms with Gasteiger partial charge in [-0.15, -0.1) is 0 Å². The van der Waals surface area contributed by atoms with Crippen molar-refractivity contribution in [3.05, 3.63) is 35.5 Å². The molecular formula is C15H20FN3O. The van der Waals surface area contributed by atoms with Crippen molar-refractivity contribution in [1.82, 2.24) is 10.1 Å². The predicted octanol–water partition coefficient (Wildman–Crippen LogP) is 3.27. The molecule has 1 aromatic heterocycles. The summed E-state index contributed by atoms with van der Waals surface area (Å²) in [6.07, 6.45) is 0.889. The molecule has 0 saturated heterocycles. The lowest BCUT2D eigenvalue weighted by atomic mass is 9.97. The first-order chi connectivity index (χ1) is 9.51. The maximum atomic E-state index is 13.6. The first-order valence-corrected chi connectivity index (χ1v) is 6.81. The van der Waals surface area contributed by atoms with Crippen LogP contribution in [0.2, 0.25) is 0 Å². The van der Waals surface area contributed by atoms with Gasteiger partial charge < -0.3 is 10.3 Å². The molecule has 2 N–H and O–H groups in total. The fourth-order valence-electron chi connectivity index (χ4n) is 2.12. The van der Waals surface area contributed by atoms with Gasteiger partial charge in [0.1, 0.15) is 5.82 Å². The van der Waals surface area contributed by atoms with Gasteiger partial charge in [-0.3, -0.25) is 0 Å². The molecule has 1 aromatic carbocycles. The van der Waals surface area contributed by atoms with Crippen molar-refractivity contribution in [3.8, 4) is 11.4 Å². The highest BCUT2D eigenvalue weighted by atomic mass is 19.1. The van der Waals surface area contributed by atoms with E-state index in [4.69, 9.17) is 10.3 Å². The van der Waals surface area contributed by atoms with Crippen LogP contribution in [0.3, 0.4) is 0 Å². The van der Waals surface area contributed by atoms with Crippen molar-refractivity contribution in [2.75, 3.05) is 6.54 Å². The van der Waals surface area contributed by atoms with Crippen molar-refractivity contribution in [3.63, 3.8) is 0 Å². The van der Waals surface area contributed by atoms with Gasteiger partial charge in [-0.1, -0.05) is 31.1 Å². The summed E-state index contributed by atoms with van der Waals surface area (Å²) >= 11 is 0. The number of aryl methyl sites for hydroxylation is 1. The zero-order valence-corrected chi connectivity index (χ0v) is 12.1. The van der Waals surface area contributed by atoms with Crippen LogP contribution in [-0.2, 0) is 0 Å². The van der Waals surface area contributed by atoms with Crippen molar-refractivity contribution < 1.29 is 8.91 Å². The molecule has 0 amide bonds. The Labute approximate surface area is 118 Å². The summed E-state index contributed by atoms with van der Waals surface area (Å²) in [6.45, 7) is 6.42. The van der Waals surface area contributed by atoms with E-state index in [1.807, 2.05) is 0 Å². The van der Waals surface area contributed by atoms with Crippen LogP contribution in [0.4, 0.5) is 4.39 Å². The van der Waals surface area contributed by atoms with Crippen LogP contribution in [-0.4, -0.2) is 16.7 Å². The molecule has 0 bridgehead atoms. The van der Waals surface area contributed by atoms with Crippen LogP contribution in [0.5, 0.6) is 0 Å². The predicted molar refractivity (Wildman–Crippen MR) is 75.7 cm³/mol. The highest BCUT2D eigenvalue weighted by Gasteiger charge is 2.19. The molecule has 0 radical (unpaired) electrons. The van der Waals surface area contributed by atoms with Crippen LogP contribution in [0.15, 0.2) is 22.7 Å². The maximum Gasteiger partial charge on any atom is 0.231 e. The summed E-state index contributed by atoms with van der Waals surface area (Å²) in [5, 5.41) is 3.93. The molecule has 1 heterocycles. The number of aromatic nitrogens is 2. The van der Waals surface area contributed by atoms with E-state index in [0.717, 1.165) is 6.42 Å². The van der Waals surface area contributed by atoms with Gasteiger partial charge in [-0.2, -0.15) is 4.98 Å². The number of hydrogen-bond donors (Lipinski definition) is 1. The smallest absolute Gasteiger partial charge is 0.231 e. The number of nitrogens with zero attached hydrogens (tertiary/aromatic N) is 2. The molecule has 5 heteroatoms. The SMILES string of the molecule is Cc1ccc(-c2noc(C(CN)CC(C)C)n2)cc1F. The number of hydrogen-bond acceptors (Lipinski definition) is 4. The molecule has 1 atom stereocenters. The molecule has 2 aromatic rings. The third-order valence-electron chi connectivity index (χ3n) is 3.26. The standard InChI is InChI=1S/C15H20FN3O/c1-9(2)6-12(8-17)15-18-14(19-20-15)11-5-4-10(3)13(16)7-11/h4-5,7,9,12H,6,8,17H2,1-3H3. The normalized spacial score (nSPS) is 12.9. The van der Waals surface area contributed by atoms with Gasteiger partial charge in [0.15, 0.2) is 0 Å². The second-order valence-corrected chi connectivity index (χ2v) is 5.48. The van der Waals surface area contributed by atoms with E-state index in [1.165, 1.54) is 6.07 Å². The number of benzene rings is 1. The third kappa shape index (κ3) is 3.22. The Kier molecular flexibility index (Phi) is 4.49. The van der Waals surface area contributed by atoms with E-state index >= 15 is 0 Å². The van der Waals surface area contributed by atoms with Gasteiger partial charge in [0.25, 0.3) is 0 Å². The quantitative estimate of drug-likeness (QED) is 0.911. The van der Waals surface area contributed by atoms with Crippen LogP contribution < -0.4 is 5.73 Å². The van der Waals surface area contributed by atoms with Gasteiger partial charge >= 0.3 is 0 Å². The Hall–Kier alpha value is -1.75. The lowest BCUT2D eigenvalue weighted by Gasteiger charge is -2.11. The number of nitrogens with two attached hydrogens (primary N) is 1. The van der Waals surface area contributed by atoms with Gasteiger partial charge in [-0.25, -0.2) is 4.39 Å². The number of halogens is 1. The second-order valence-electron chi connectivity index (χ2n) is 5.48. The zero-order chi connectivity index (χ0) is 14.7. The summed E-state index contributed by atoms with van der Waals surface area (Å²) in [4.78, 5) is 4.35. The molecular weight excluding hydrogens is 257 g/mol. The molecule has 0 aliphatic carbocycles. The van der Waals surface area contributed by atoms with Gasteiger partial charge in [0.2, 0.25) is 11.7 Å². The van der Waals surface area contributed by atoms with Crippen LogP contribution in [0.1, 0.15) is 37.6 Å². The fraction of sp³-hybridized carbons (Fsp3) is 0.467. The minimum atomic E-state index is -0.272. The molecule has 1 unspecified atom stereocenters. The summed E-state index contributed by atoms with van der Waals surface area (Å²) in [5.41, 5.74) is 6.97. The average Bonchev–Trinajstić information content (AvgIpc) is 2.88. The lowest BCUT2D eigenvalue weighted by molar-refractivity contribution is 0.335. The highest BCUT2D eigenvalue weighted by Crippen LogP contribution is 2.25. The van der Waals surface area contributed by atoms with E-state index in [-0.39, 0.29) is 11.7 Å². The summed E-state index contributed by atoms with van der Waals surface area (Å²) in [7, 11) is 0. The highest BCUT2D eigenvalue weighted by molar-refractivity contribution is 5.55. The largest absolute Gasteiger partial charge is 0.339 e. The van der Waals surface area contributed by atoms with E-state index < -0.39 is 0 Å². The van der Waals surface area contributed by atoms with Crippen molar-refractivity contribution in [1.29, 1.82) is 0 Å². The minimum Gasteiger partial charge on any atom is -0.339 e. The van der Waals surface area contributed by atoms with Gasteiger partial charge in [0, 0.05) is 12.1 Å². The van der Waals surface area contributed by atoms with Crippen LogP contribution in [0.25, 0.3) is 11.4 Å². The summed E-state index contributed by atoms with van der Waals surface area (Å²) in [6, 6.07) is 4.91. The van der Waals surface area contributed by atoms with Crippen molar-refractivity contribution in [2.24, 2.45) is 11.7 Å². The fourth-order valence-corrected chi connectivity index (χ4v) is 2.12. The minimum absolute atomic E-state index is 0.0477. The van der Waals surface area contributed by atoms with Gasteiger partial charge in [0.05, 0.1) is 5.92 Å². The Morgan fingerprint density at radius 1 is 1.35 bits per heavy atom. The van der Waals surface area contributed by atoms with E-state index in [1.54, 1.807) is 19.1 Å². The number of rotatable bonds is 5. The first-order valence-electron chi connectivity index (χ1n) is 6.81. The van der Waals surface area contributed by atoms with E-state index in [0.29, 0.717) is 35.3 Å². The molecule has 108 valence electrons. The van der Waals surface area contributed by atoms with E-state index in [2.05, 4.69) is 24.0 Å². The molecule has 0 aliphatic rings. The molecule has 0 aliphatic heterocycles. The maximum absolute atomic E-state index is 13.6. The molecule has 4 nitrogen and oxygen atoms in total. The summed E-state index contributed by atoms with van der Waals surface area (Å²) < 4.78 is 18.8. The molecule has 0 spiro atoms. The Bertz CT molecular complexity index is 580. The van der Waals surface area contributed by atoms with Crippen molar-refractivity contribution in [2.45, 2.75) is 33.1 Å². The molecule has 0 saturated carbocycles.